The molecule has 3 nitrogen and oxygen atoms in total. The number of alkyl halides is 3. The van der Waals surface area contributed by atoms with Gasteiger partial charge in [-0.25, -0.2) is 9.37 Å². The number of nitrogens with zero attached hydrogens (tertiary/aromatic N) is 1. The van der Waals surface area contributed by atoms with E-state index in [1.54, 1.807) is 0 Å². The molecule has 2 aromatic rings. The van der Waals surface area contributed by atoms with Crippen molar-refractivity contribution in [2.45, 2.75) is 13.1 Å². The number of amides is 1. The Bertz CT molecular complexity index is 651. The van der Waals surface area contributed by atoms with Gasteiger partial charge in [-0.05, 0) is 18.2 Å². The van der Waals surface area contributed by atoms with Gasteiger partial charge in [0.05, 0.1) is 11.3 Å². The van der Waals surface area contributed by atoms with Crippen molar-refractivity contribution in [3.8, 4) is 11.3 Å². The van der Waals surface area contributed by atoms with Crippen LogP contribution in [0.2, 0.25) is 0 Å². The largest absolute Gasteiger partial charge is 0.416 e. The summed E-state index contributed by atoms with van der Waals surface area (Å²) in [4.78, 5) is 14.8. The van der Waals surface area contributed by atoms with Crippen molar-refractivity contribution in [3.05, 3.63) is 35.0 Å². The van der Waals surface area contributed by atoms with Gasteiger partial charge in [-0.15, -0.1) is 11.3 Å². The van der Waals surface area contributed by atoms with Crippen molar-refractivity contribution in [1.29, 1.82) is 0 Å². The molecule has 0 aliphatic rings. The van der Waals surface area contributed by atoms with Crippen molar-refractivity contribution >= 4 is 22.4 Å². The van der Waals surface area contributed by atoms with Crippen LogP contribution in [0.1, 0.15) is 12.5 Å². The monoisotopic (exact) mass is 304 g/mol. The number of rotatable bonds is 2. The Morgan fingerprint density at radius 1 is 1.35 bits per heavy atom. The molecule has 1 aromatic heterocycles. The Labute approximate surface area is 115 Å². The number of thiazole rings is 1. The Morgan fingerprint density at radius 2 is 2.05 bits per heavy atom. The number of carbonyl (C=O) groups is 1. The van der Waals surface area contributed by atoms with Crippen molar-refractivity contribution < 1.29 is 22.4 Å². The maximum absolute atomic E-state index is 13.7. The second kappa shape index (κ2) is 5.20. The first-order chi connectivity index (χ1) is 9.27. The normalized spacial score (nSPS) is 11.4. The maximum Gasteiger partial charge on any atom is 0.416 e. The van der Waals surface area contributed by atoms with E-state index >= 15 is 0 Å². The summed E-state index contributed by atoms with van der Waals surface area (Å²) in [6.45, 7) is 1.29. The van der Waals surface area contributed by atoms with Gasteiger partial charge in [0.25, 0.3) is 0 Å². The molecule has 1 heterocycles. The standard InChI is InChI=1S/C12H8F4N2OS/c1-6(19)17-11-18-10(5-20-11)8-3-2-7(4-9(8)13)12(14,15)16/h2-5H,1H3,(H,17,18,19). The lowest BCUT2D eigenvalue weighted by molar-refractivity contribution is -0.137. The molecule has 1 amide bonds. The molecule has 0 aliphatic carbocycles. The third-order valence-corrected chi connectivity index (χ3v) is 3.12. The van der Waals surface area contributed by atoms with Crippen LogP contribution in [0.5, 0.6) is 0 Å². The third-order valence-electron chi connectivity index (χ3n) is 2.36. The molecule has 1 aromatic carbocycles. The van der Waals surface area contributed by atoms with Crippen molar-refractivity contribution in [3.63, 3.8) is 0 Å². The fraction of sp³-hybridized carbons (Fsp3) is 0.167. The van der Waals surface area contributed by atoms with Crippen LogP contribution in [0.3, 0.4) is 0 Å². The van der Waals surface area contributed by atoms with E-state index in [2.05, 4.69) is 10.3 Å². The molecule has 20 heavy (non-hydrogen) atoms. The van der Waals surface area contributed by atoms with Crippen LogP contribution in [0.4, 0.5) is 22.7 Å². The van der Waals surface area contributed by atoms with Crippen LogP contribution < -0.4 is 5.32 Å². The summed E-state index contributed by atoms with van der Waals surface area (Å²) in [7, 11) is 0. The molecular formula is C12H8F4N2OS. The lowest BCUT2D eigenvalue weighted by Crippen LogP contribution is -2.06. The SMILES string of the molecule is CC(=O)Nc1nc(-c2ccc(C(F)(F)F)cc2F)cs1. The Balaban J connectivity index is 2.34. The second-order valence-electron chi connectivity index (χ2n) is 3.91. The van der Waals surface area contributed by atoms with Gasteiger partial charge in [0, 0.05) is 17.9 Å². The van der Waals surface area contributed by atoms with Gasteiger partial charge in [0.15, 0.2) is 5.13 Å². The topological polar surface area (TPSA) is 42.0 Å². The molecule has 106 valence electrons. The summed E-state index contributed by atoms with van der Waals surface area (Å²) in [6.07, 6.45) is -4.59. The average molecular weight is 304 g/mol. The van der Waals surface area contributed by atoms with Crippen LogP contribution in [-0.2, 0) is 11.0 Å². The molecule has 0 aliphatic heterocycles. The van der Waals surface area contributed by atoms with E-state index in [0.717, 1.165) is 23.5 Å². The first-order valence-electron chi connectivity index (χ1n) is 5.37. The Morgan fingerprint density at radius 3 is 2.60 bits per heavy atom. The minimum atomic E-state index is -4.59. The minimum absolute atomic E-state index is 0.0501. The second-order valence-corrected chi connectivity index (χ2v) is 4.77. The van der Waals surface area contributed by atoms with Gasteiger partial charge in [0.2, 0.25) is 5.91 Å². The summed E-state index contributed by atoms with van der Waals surface area (Å²) in [5.74, 6) is -1.35. The van der Waals surface area contributed by atoms with Crippen LogP contribution in [0, 0.1) is 5.82 Å². The number of nitrogens with one attached hydrogen (secondary N) is 1. The highest BCUT2D eigenvalue weighted by Gasteiger charge is 2.31. The molecule has 0 atom stereocenters. The molecule has 0 fully saturated rings. The number of carbonyl (C=O) groups excluding carboxylic acids is 1. The number of aromatic nitrogens is 1. The zero-order valence-corrected chi connectivity index (χ0v) is 10.9. The first kappa shape index (κ1) is 14.4. The lowest BCUT2D eigenvalue weighted by atomic mass is 10.1. The predicted octanol–water partition coefficient (Wildman–Crippen LogP) is 3.93. The third kappa shape index (κ3) is 3.13. The molecule has 8 heteroatoms. The highest BCUT2D eigenvalue weighted by molar-refractivity contribution is 7.14. The lowest BCUT2D eigenvalue weighted by Gasteiger charge is -2.07. The quantitative estimate of drug-likeness (QED) is 0.854. The number of hydrogen-bond acceptors (Lipinski definition) is 3. The van der Waals surface area contributed by atoms with E-state index in [4.69, 9.17) is 0 Å². The fourth-order valence-electron chi connectivity index (χ4n) is 1.50. The maximum atomic E-state index is 13.7. The molecule has 0 saturated carbocycles. The van der Waals surface area contributed by atoms with Crippen molar-refractivity contribution in [2.75, 3.05) is 5.32 Å². The van der Waals surface area contributed by atoms with E-state index in [1.165, 1.54) is 12.3 Å². The van der Waals surface area contributed by atoms with Gasteiger partial charge < -0.3 is 5.32 Å². The molecule has 0 unspecified atom stereocenters. The average Bonchev–Trinajstić information content (AvgIpc) is 2.75. The summed E-state index contributed by atoms with van der Waals surface area (Å²) >= 11 is 1.06. The van der Waals surface area contributed by atoms with Crippen molar-refractivity contribution in [1.82, 2.24) is 4.98 Å². The molecule has 2 rings (SSSR count). The van der Waals surface area contributed by atoms with Gasteiger partial charge in [-0.3, -0.25) is 4.79 Å². The van der Waals surface area contributed by atoms with Crippen LogP contribution in [-0.4, -0.2) is 10.9 Å². The smallest absolute Gasteiger partial charge is 0.302 e. The number of benzene rings is 1. The van der Waals surface area contributed by atoms with E-state index in [0.29, 0.717) is 6.07 Å². The molecular weight excluding hydrogens is 296 g/mol. The van der Waals surface area contributed by atoms with E-state index in [1.807, 2.05) is 0 Å². The summed E-state index contributed by atoms with van der Waals surface area (Å²) in [5.41, 5.74) is -0.938. The van der Waals surface area contributed by atoms with Gasteiger partial charge in [0.1, 0.15) is 5.82 Å². The van der Waals surface area contributed by atoms with Gasteiger partial charge in [-0.1, -0.05) is 0 Å². The number of halogens is 4. The molecule has 0 radical (unpaired) electrons. The molecule has 0 spiro atoms. The Hall–Kier alpha value is -1.96. The van der Waals surface area contributed by atoms with Gasteiger partial charge >= 0.3 is 6.18 Å². The van der Waals surface area contributed by atoms with Crippen molar-refractivity contribution in [2.24, 2.45) is 0 Å². The zero-order valence-electron chi connectivity index (χ0n) is 10.1. The fourth-order valence-corrected chi connectivity index (χ4v) is 2.26. The number of hydrogen-bond donors (Lipinski definition) is 1. The van der Waals surface area contributed by atoms with Crippen LogP contribution in [0.25, 0.3) is 11.3 Å². The summed E-state index contributed by atoms with van der Waals surface area (Å²) in [5, 5.41) is 4.13. The van der Waals surface area contributed by atoms with Crippen LogP contribution >= 0.6 is 11.3 Å². The van der Waals surface area contributed by atoms with E-state index < -0.39 is 17.6 Å². The van der Waals surface area contributed by atoms with E-state index in [9.17, 15) is 22.4 Å². The van der Waals surface area contributed by atoms with Crippen LogP contribution in [0.15, 0.2) is 23.6 Å². The highest BCUT2D eigenvalue weighted by atomic mass is 32.1. The minimum Gasteiger partial charge on any atom is -0.302 e. The molecule has 0 bridgehead atoms. The summed E-state index contributed by atoms with van der Waals surface area (Å²) in [6, 6.07) is 2.23. The van der Waals surface area contributed by atoms with E-state index in [-0.39, 0.29) is 22.3 Å². The highest BCUT2D eigenvalue weighted by Crippen LogP contribution is 2.33. The first-order valence-corrected chi connectivity index (χ1v) is 6.25. The predicted molar refractivity (Wildman–Crippen MR) is 66.8 cm³/mol. The Kier molecular flexibility index (Phi) is 3.76. The molecule has 1 N–H and O–H groups in total. The summed E-state index contributed by atoms with van der Waals surface area (Å²) < 4.78 is 51.0. The van der Waals surface area contributed by atoms with Gasteiger partial charge in [-0.2, -0.15) is 13.2 Å². The molecule has 0 saturated heterocycles. The zero-order chi connectivity index (χ0) is 14.9. The number of anilines is 1.